The molecule has 2 amide bonds. The lowest BCUT2D eigenvalue weighted by Crippen LogP contribution is -2.45. The fourth-order valence-electron chi connectivity index (χ4n) is 3.00. The molecule has 0 bridgehead atoms. The molecule has 3 N–H and O–H groups in total. The summed E-state index contributed by atoms with van der Waals surface area (Å²) in [6.45, 7) is 0.772. The third kappa shape index (κ3) is 4.33. The van der Waals surface area contributed by atoms with Crippen molar-refractivity contribution in [1.82, 2.24) is 5.32 Å². The number of benzene rings is 1. The van der Waals surface area contributed by atoms with Crippen LogP contribution in [0, 0.1) is 11.8 Å². The van der Waals surface area contributed by atoms with Crippen LogP contribution in [0.1, 0.15) is 19.3 Å². The van der Waals surface area contributed by atoms with Gasteiger partial charge in [-0.25, -0.2) is 0 Å². The average Bonchev–Trinajstić information content (AvgIpc) is 3.25. The second-order valence-corrected chi connectivity index (χ2v) is 7.09. The Morgan fingerprint density at radius 1 is 1.29 bits per heavy atom. The van der Waals surface area contributed by atoms with Crippen LogP contribution in [0.5, 0.6) is 0 Å². The van der Waals surface area contributed by atoms with Gasteiger partial charge in [-0.05, 0) is 37.0 Å². The maximum atomic E-state index is 12.4. The predicted molar refractivity (Wildman–Crippen MR) is 97.9 cm³/mol. The molecule has 8 heteroatoms. The highest BCUT2D eigenvalue weighted by Gasteiger charge is 2.38. The minimum absolute atomic E-state index is 0. The van der Waals surface area contributed by atoms with Gasteiger partial charge in [-0.3, -0.25) is 9.59 Å². The Morgan fingerprint density at radius 2 is 1.92 bits per heavy atom. The fourth-order valence-corrected chi connectivity index (χ4v) is 3.51. The van der Waals surface area contributed by atoms with E-state index in [9.17, 15) is 9.59 Å². The summed E-state index contributed by atoms with van der Waals surface area (Å²) in [7, 11) is 0. The number of nitrogens with one attached hydrogen (secondary N) is 1. The molecule has 3 rings (SSSR count). The molecule has 1 aliphatic carbocycles. The monoisotopic (exact) mass is 391 g/mol. The van der Waals surface area contributed by atoms with Gasteiger partial charge in [0.05, 0.1) is 5.92 Å². The molecular formula is C16H20Cl3N3O2. The molecule has 0 aromatic heterocycles. The SMILES string of the molecule is Cl.NCC(NC(=O)C1CC(=O)N(c2cc(Cl)cc(Cl)c2)C1)C1CC1. The highest BCUT2D eigenvalue weighted by Crippen LogP contribution is 2.33. The van der Waals surface area contributed by atoms with Crippen molar-refractivity contribution in [3.63, 3.8) is 0 Å². The Kier molecular flexibility index (Phi) is 6.37. The van der Waals surface area contributed by atoms with Gasteiger partial charge in [0.1, 0.15) is 0 Å². The van der Waals surface area contributed by atoms with Crippen LogP contribution in [0.3, 0.4) is 0 Å². The molecule has 2 fully saturated rings. The van der Waals surface area contributed by atoms with E-state index in [2.05, 4.69) is 5.32 Å². The highest BCUT2D eigenvalue weighted by atomic mass is 35.5. The zero-order valence-electron chi connectivity index (χ0n) is 13.0. The maximum Gasteiger partial charge on any atom is 0.227 e. The summed E-state index contributed by atoms with van der Waals surface area (Å²) in [6, 6.07) is 4.99. The van der Waals surface area contributed by atoms with Crippen LogP contribution < -0.4 is 16.0 Å². The second-order valence-electron chi connectivity index (χ2n) is 6.22. The lowest BCUT2D eigenvalue weighted by molar-refractivity contribution is -0.127. The normalized spacial score (nSPS) is 21.4. The number of hydrogen-bond donors (Lipinski definition) is 2. The third-order valence-corrected chi connectivity index (χ3v) is 4.86. The maximum absolute atomic E-state index is 12.4. The van der Waals surface area contributed by atoms with Gasteiger partial charge < -0.3 is 16.0 Å². The topological polar surface area (TPSA) is 75.4 Å². The Morgan fingerprint density at radius 3 is 2.46 bits per heavy atom. The number of nitrogens with zero attached hydrogens (tertiary/aromatic N) is 1. The van der Waals surface area contributed by atoms with Crippen molar-refractivity contribution in [3.05, 3.63) is 28.2 Å². The number of rotatable bonds is 5. The molecule has 0 radical (unpaired) electrons. The number of anilines is 1. The molecule has 1 saturated carbocycles. The molecule has 1 aromatic rings. The number of amides is 2. The van der Waals surface area contributed by atoms with Gasteiger partial charge in [0.15, 0.2) is 0 Å². The number of carbonyl (C=O) groups excluding carboxylic acids is 2. The van der Waals surface area contributed by atoms with Crippen LogP contribution in [0.25, 0.3) is 0 Å². The van der Waals surface area contributed by atoms with Gasteiger partial charge in [-0.15, -0.1) is 12.4 Å². The van der Waals surface area contributed by atoms with E-state index < -0.39 is 0 Å². The number of nitrogens with two attached hydrogens (primary N) is 1. The Balaban J connectivity index is 0.00000208. The van der Waals surface area contributed by atoms with E-state index in [-0.39, 0.29) is 42.6 Å². The average molecular weight is 393 g/mol. The standard InChI is InChI=1S/C16H19Cl2N3O2.ClH/c17-11-4-12(18)6-13(5-11)21-8-10(3-15(21)22)16(23)20-14(7-19)9-1-2-9;/h4-6,9-10,14H,1-3,7-8,19H2,(H,20,23);1H. The summed E-state index contributed by atoms with van der Waals surface area (Å²) in [5.41, 5.74) is 6.34. The molecule has 2 unspecified atom stereocenters. The van der Waals surface area contributed by atoms with Crippen LogP contribution in [-0.2, 0) is 9.59 Å². The van der Waals surface area contributed by atoms with Crippen molar-refractivity contribution in [2.24, 2.45) is 17.6 Å². The van der Waals surface area contributed by atoms with Crippen LogP contribution in [0.2, 0.25) is 10.0 Å². The van der Waals surface area contributed by atoms with Gasteiger partial charge in [-0.2, -0.15) is 0 Å². The van der Waals surface area contributed by atoms with Crippen LogP contribution in [0.15, 0.2) is 18.2 Å². The van der Waals surface area contributed by atoms with E-state index in [1.165, 1.54) is 0 Å². The van der Waals surface area contributed by atoms with E-state index in [0.717, 1.165) is 12.8 Å². The fraction of sp³-hybridized carbons (Fsp3) is 0.500. The van der Waals surface area contributed by atoms with E-state index in [0.29, 0.717) is 34.7 Å². The van der Waals surface area contributed by atoms with E-state index in [4.69, 9.17) is 28.9 Å². The van der Waals surface area contributed by atoms with Crippen molar-refractivity contribution in [1.29, 1.82) is 0 Å². The number of hydrogen-bond acceptors (Lipinski definition) is 3. The largest absolute Gasteiger partial charge is 0.352 e. The van der Waals surface area contributed by atoms with E-state index >= 15 is 0 Å². The molecule has 0 spiro atoms. The summed E-state index contributed by atoms with van der Waals surface area (Å²) in [4.78, 5) is 26.2. The van der Waals surface area contributed by atoms with E-state index in [1.807, 2.05) is 0 Å². The van der Waals surface area contributed by atoms with Crippen molar-refractivity contribution in [3.8, 4) is 0 Å². The highest BCUT2D eigenvalue weighted by molar-refractivity contribution is 6.35. The van der Waals surface area contributed by atoms with Gasteiger partial charge >= 0.3 is 0 Å². The first-order valence-electron chi connectivity index (χ1n) is 7.75. The summed E-state index contributed by atoms with van der Waals surface area (Å²) >= 11 is 12.0. The minimum Gasteiger partial charge on any atom is -0.352 e. The molecule has 1 aliphatic heterocycles. The van der Waals surface area contributed by atoms with Gasteiger partial charge in [-0.1, -0.05) is 23.2 Å². The predicted octanol–water partition coefficient (Wildman–Crippen LogP) is 2.62. The Hall–Kier alpha value is -1.01. The first kappa shape index (κ1) is 19.3. The summed E-state index contributed by atoms with van der Waals surface area (Å²) in [5, 5.41) is 3.92. The zero-order chi connectivity index (χ0) is 16.6. The first-order valence-corrected chi connectivity index (χ1v) is 8.50. The van der Waals surface area contributed by atoms with Crippen LogP contribution >= 0.6 is 35.6 Å². The Labute approximate surface area is 157 Å². The molecule has 2 aliphatic rings. The smallest absolute Gasteiger partial charge is 0.227 e. The minimum atomic E-state index is -0.368. The van der Waals surface area contributed by atoms with Gasteiger partial charge in [0.2, 0.25) is 11.8 Å². The van der Waals surface area contributed by atoms with Crippen molar-refractivity contribution < 1.29 is 9.59 Å². The van der Waals surface area contributed by atoms with Crippen molar-refractivity contribution in [2.45, 2.75) is 25.3 Å². The Bertz CT molecular complexity index is 617. The van der Waals surface area contributed by atoms with Crippen molar-refractivity contribution in [2.75, 3.05) is 18.0 Å². The van der Waals surface area contributed by atoms with Crippen molar-refractivity contribution >= 4 is 53.1 Å². The molecular weight excluding hydrogens is 373 g/mol. The van der Waals surface area contributed by atoms with Gasteiger partial charge in [0.25, 0.3) is 0 Å². The molecule has 5 nitrogen and oxygen atoms in total. The lowest BCUT2D eigenvalue weighted by atomic mass is 10.1. The van der Waals surface area contributed by atoms with E-state index in [1.54, 1.807) is 23.1 Å². The molecule has 132 valence electrons. The number of carbonyl (C=O) groups is 2. The molecule has 1 saturated heterocycles. The second kappa shape index (κ2) is 7.91. The molecule has 24 heavy (non-hydrogen) atoms. The third-order valence-electron chi connectivity index (χ3n) is 4.43. The summed E-state index contributed by atoms with van der Waals surface area (Å²) in [5.74, 6) is -0.0764. The number of halogens is 3. The molecule has 1 heterocycles. The first-order chi connectivity index (χ1) is 11.0. The van der Waals surface area contributed by atoms with Gasteiger partial charge in [0, 0.05) is 41.3 Å². The molecule has 2 atom stereocenters. The molecule has 1 aromatic carbocycles. The van der Waals surface area contributed by atoms with Crippen LogP contribution in [-0.4, -0.2) is 30.9 Å². The lowest BCUT2D eigenvalue weighted by Gasteiger charge is -2.20. The quantitative estimate of drug-likeness (QED) is 0.809. The summed E-state index contributed by atoms with van der Waals surface area (Å²) in [6.07, 6.45) is 2.41. The zero-order valence-corrected chi connectivity index (χ0v) is 15.3. The van der Waals surface area contributed by atoms with Crippen LogP contribution in [0.4, 0.5) is 5.69 Å². The summed E-state index contributed by atoms with van der Waals surface area (Å²) < 4.78 is 0.